The van der Waals surface area contributed by atoms with Crippen LogP contribution in [0.3, 0.4) is 0 Å². The maximum absolute atomic E-state index is 10.9. The van der Waals surface area contributed by atoms with Gasteiger partial charge in [0.15, 0.2) is 11.5 Å². The van der Waals surface area contributed by atoms with Gasteiger partial charge in [-0.2, -0.15) is 5.10 Å². The predicted octanol–water partition coefficient (Wildman–Crippen LogP) is 4.32. The zero-order chi connectivity index (χ0) is 28.2. The number of fused-ring (bicyclic) bond motifs is 2. The van der Waals surface area contributed by atoms with Crippen LogP contribution in [0, 0.1) is 18.8 Å². The highest BCUT2D eigenvalue weighted by molar-refractivity contribution is 6.03. The van der Waals surface area contributed by atoms with Crippen LogP contribution in [0.1, 0.15) is 39.7 Å². The van der Waals surface area contributed by atoms with Gasteiger partial charge in [-0.15, -0.1) is 5.10 Å². The summed E-state index contributed by atoms with van der Waals surface area (Å²) >= 11 is 0. The summed E-state index contributed by atoms with van der Waals surface area (Å²) in [5, 5.41) is 9.35. The van der Waals surface area contributed by atoms with Gasteiger partial charge in [0, 0.05) is 36.6 Å². The molecule has 6 aromatic rings. The minimum absolute atomic E-state index is 0.103. The Morgan fingerprint density at radius 2 is 1.77 bits per heavy atom. The minimum Gasteiger partial charge on any atom is -0.381 e. The first kappa shape index (κ1) is 26.1. The number of nitrogen functional groups attached to an aromatic ring is 1. The molecular weight excluding hydrogens is 500 g/mol. The second-order valence-electron chi connectivity index (χ2n) is 9.16. The third-order valence-electron chi connectivity index (χ3n) is 6.37. The van der Waals surface area contributed by atoms with Gasteiger partial charge >= 0.3 is 0 Å². The Bertz CT molecular complexity index is 1910. The number of para-hydroxylation sites is 1. The Labute approximate surface area is 231 Å². The Hall–Kier alpha value is -5.49. The SMILES string of the molecule is CCc1cc2cccc(C#Cc3cn(C)nc3C)c2nc1-c1ccccc1.NC(=O)c1c(N)nn2cccnc12. The molecule has 0 bridgehead atoms. The molecule has 0 fully saturated rings. The Balaban J connectivity index is 0.000000207. The quantitative estimate of drug-likeness (QED) is 0.329. The molecule has 198 valence electrons. The molecule has 2 aromatic carbocycles. The fraction of sp³-hybridized carbons (Fsp3) is 0.129. The first-order valence-corrected chi connectivity index (χ1v) is 12.7. The smallest absolute Gasteiger partial charge is 0.256 e. The summed E-state index contributed by atoms with van der Waals surface area (Å²) in [5.74, 6) is 6.05. The third kappa shape index (κ3) is 5.24. The van der Waals surface area contributed by atoms with E-state index in [9.17, 15) is 4.79 Å². The van der Waals surface area contributed by atoms with Crippen molar-refractivity contribution in [3.63, 3.8) is 0 Å². The highest BCUT2D eigenvalue weighted by atomic mass is 16.1. The van der Waals surface area contributed by atoms with Crippen molar-refractivity contribution in [2.24, 2.45) is 12.8 Å². The summed E-state index contributed by atoms with van der Waals surface area (Å²) in [6.45, 7) is 4.15. The molecule has 0 radical (unpaired) electrons. The molecule has 4 aromatic heterocycles. The number of nitrogens with zero attached hydrogens (tertiary/aromatic N) is 6. The van der Waals surface area contributed by atoms with E-state index in [0.29, 0.717) is 5.65 Å². The molecule has 0 atom stereocenters. The lowest BCUT2D eigenvalue weighted by atomic mass is 10.00. The van der Waals surface area contributed by atoms with Gasteiger partial charge in [-0.05, 0) is 37.1 Å². The van der Waals surface area contributed by atoms with E-state index < -0.39 is 5.91 Å². The zero-order valence-electron chi connectivity index (χ0n) is 22.5. The van der Waals surface area contributed by atoms with Gasteiger partial charge in [0.25, 0.3) is 5.91 Å². The van der Waals surface area contributed by atoms with Crippen molar-refractivity contribution in [1.82, 2.24) is 29.4 Å². The fourth-order valence-corrected chi connectivity index (χ4v) is 4.46. The molecule has 0 saturated heterocycles. The summed E-state index contributed by atoms with van der Waals surface area (Å²) in [6, 6.07) is 20.5. The topological polar surface area (TPSA) is 130 Å². The van der Waals surface area contributed by atoms with E-state index in [-0.39, 0.29) is 11.4 Å². The van der Waals surface area contributed by atoms with E-state index in [4.69, 9.17) is 16.5 Å². The Morgan fingerprint density at radius 1 is 1.00 bits per heavy atom. The van der Waals surface area contributed by atoms with Crippen LogP contribution in [-0.2, 0) is 13.5 Å². The van der Waals surface area contributed by atoms with Crippen LogP contribution in [0.2, 0.25) is 0 Å². The van der Waals surface area contributed by atoms with Crippen LogP contribution in [0.4, 0.5) is 5.82 Å². The molecule has 9 heteroatoms. The number of primary amides is 1. The third-order valence-corrected chi connectivity index (χ3v) is 6.37. The highest BCUT2D eigenvalue weighted by Crippen LogP contribution is 2.27. The lowest BCUT2D eigenvalue weighted by molar-refractivity contribution is 0.100. The standard InChI is InChI=1S/C24H21N3.C7H7N5O/c1-4-18-15-21-12-8-11-20(13-14-22-16-27(3)26-17(22)2)24(21)25-23(18)19-9-6-5-7-10-19;8-5-4(6(9)13)7-10-2-1-3-12(7)11-5/h5-12,15-16H,4H2,1-3H3;1-3H,(H2,8,11)(H2,9,13). The van der Waals surface area contributed by atoms with Crippen LogP contribution in [0.5, 0.6) is 0 Å². The summed E-state index contributed by atoms with van der Waals surface area (Å²) in [4.78, 5) is 19.9. The van der Waals surface area contributed by atoms with Crippen molar-refractivity contribution >= 4 is 28.3 Å². The lowest BCUT2D eigenvalue weighted by Crippen LogP contribution is -2.12. The molecule has 0 saturated carbocycles. The van der Waals surface area contributed by atoms with Crippen molar-refractivity contribution in [3.8, 4) is 23.1 Å². The molecule has 0 spiro atoms. The van der Waals surface area contributed by atoms with E-state index in [1.54, 1.807) is 23.1 Å². The normalized spacial score (nSPS) is 10.6. The van der Waals surface area contributed by atoms with E-state index >= 15 is 0 Å². The number of anilines is 1. The van der Waals surface area contributed by atoms with Gasteiger partial charge < -0.3 is 11.5 Å². The second kappa shape index (κ2) is 11.1. The lowest BCUT2D eigenvalue weighted by Gasteiger charge is -2.10. The highest BCUT2D eigenvalue weighted by Gasteiger charge is 2.15. The predicted molar refractivity (Wildman–Crippen MR) is 156 cm³/mol. The number of pyridine rings is 1. The van der Waals surface area contributed by atoms with E-state index in [0.717, 1.165) is 45.4 Å². The average Bonchev–Trinajstić information content (AvgIpc) is 3.48. The molecule has 0 unspecified atom stereocenters. The van der Waals surface area contributed by atoms with Gasteiger partial charge in [0.05, 0.1) is 28.0 Å². The van der Waals surface area contributed by atoms with Gasteiger partial charge in [-0.3, -0.25) is 9.48 Å². The van der Waals surface area contributed by atoms with E-state index in [2.05, 4.69) is 70.3 Å². The number of nitrogens with two attached hydrogens (primary N) is 2. The Kier molecular flexibility index (Phi) is 7.25. The van der Waals surface area contributed by atoms with Crippen molar-refractivity contribution in [3.05, 3.63) is 107 Å². The van der Waals surface area contributed by atoms with Crippen LogP contribution in [0.15, 0.2) is 79.3 Å². The Morgan fingerprint density at radius 3 is 2.48 bits per heavy atom. The first-order chi connectivity index (χ1) is 19.4. The number of aromatic nitrogens is 6. The van der Waals surface area contributed by atoms with Crippen molar-refractivity contribution in [1.29, 1.82) is 0 Å². The van der Waals surface area contributed by atoms with Gasteiger partial charge in [-0.1, -0.05) is 61.2 Å². The number of hydrogen-bond acceptors (Lipinski definition) is 6. The van der Waals surface area contributed by atoms with Crippen LogP contribution in [0.25, 0.3) is 27.8 Å². The average molecular weight is 529 g/mol. The van der Waals surface area contributed by atoms with Crippen molar-refractivity contribution < 1.29 is 4.79 Å². The zero-order valence-corrected chi connectivity index (χ0v) is 22.5. The number of carbonyl (C=O) groups excluding carboxylic acids is 1. The number of amides is 1. The molecule has 40 heavy (non-hydrogen) atoms. The molecule has 0 aliphatic heterocycles. The maximum Gasteiger partial charge on any atom is 0.256 e. The summed E-state index contributed by atoms with van der Waals surface area (Å²) < 4.78 is 3.21. The fourth-order valence-electron chi connectivity index (χ4n) is 4.46. The largest absolute Gasteiger partial charge is 0.381 e. The molecular formula is C31H28N8O. The molecule has 6 rings (SSSR count). The maximum atomic E-state index is 10.9. The number of aryl methyl sites for hydroxylation is 3. The van der Waals surface area contributed by atoms with Crippen LogP contribution >= 0.6 is 0 Å². The first-order valence-electron chi connectivity index (χ1n) is 12.7. The molecule has 4 heterocycles. The van der Waals surface area contributed by atoms with Gasteiger partial charge in [0.1, 0.15) is 5.56 Å². The van der Waals surface area contributed by atoms with Gasteiger partial charge in [0.2, 0.25) is 0 Å². The van der Waals surface area contributed by atoms with E-state index in [1.165, 1.54) is 10.1 Å². The number of benzene rings is 2. The van der Waals surface area contributed by atoms with Crippen LogP contribution < -0.4 is 11.5 Å². The molecule has 4 N–H and O–H groups in total. The van der Waals surface area contributed by atoms with Crippen LogP contribution in [-0.4, -0.2) is 35.3 Å². The van der Waals surface area contributed by atoms with E-state index in [1.807, 2.05) is 38.4 Å². The minimum atomic E-state index is -0.619. The molecule has 0 aliphatic rings. The molecule has 0 aliphatic carbocycles. The summed E-state index contributed by atoms with van der Waals surface area (Å²) in [7, 11) is 1.91. The van der Waals surface area contributed by atoms with Gasteiger partial charge in [-0.25, -0.2) is 14.5 Å². The second-order valence-corrected chi connectivity index (χ2v) is 9.16. The summed E-state index contributed by atoms with van der Waals surface area (Å²) in [6.07, 6.45) is 6.08. The van der Waals surface area contributed by atoms with Crippen molar-refractivity contribution in [2.45, 2.75) is 20.3 Å². The number of hydrogen-bond donors (Lipinski definition) is 2. The monoisotopic (exact) mass is 528 g/mol. The molecule has 1 amide bonds. The summed E-state index contributed by atoms with van der Waals surface area (Å²) in [5.41, 5.74) is 18.4. The van der Waals surface area contributed by atoms with Crippen molar-refractivity contribution in [2.75, 3.05) is 5.73 Å². The number of rotatable bonds is 3. The molecule has 9 nitrogen and oxygen atoms in total. The number of carbonyl (C=O) groups is 1.